The van der Waals surface area contributed by atoms with Crippen LogP contribution in [0.15, 0.2) is 48.6 Å². The van der Waals surface area contributed by atoms with Gasteiger partial charge in [0.25, 0.3) is 5.69 Å². The van der Waals surface area contributed by atoms with E-state index in [4.69, 9.17) is 0 Å². The molecule has 1 saturated carbocycles. The standard InChI is InChI=1S/C20H15N3O3/c21-10-17-18-11-5-6-12(9-11)19(18)20(24)22(17)15-7-8-16(23(25)26)14-4-2-1-3-13(14)15/h1-8,11-12,17-19H,9H2/t11-,12+,17?,18+,19+/m1/s1. The minimum absolute atomic E-state index is 0.00596. The van der Waals surface area contributed by atoms with E-state index in [0.29, 0.717) is 16.5 Å². The summed E-state index contributed by atoms with van der Waals surface area (Å²) in [4.78, 5) is 25.7. The highest BCUT2D eigenvalue weighted by molar-refractivity contribution is 6.09. The molecule has 1 saturated heterocycles. The molecule has 1 aliphatic heterocycles. The van der Waals surface area contributed by atoms with Crippen LogP contribution >= 0.6 is 0 Å². The lowest BCUT2D eigenvalue weighted by molar-refractivity contribution is -0.383. The Morgan fingerprint density at radius 2 is 1.85 bits per heavy atom. The van der Waals surface area contributed by atoms with E-state index in [-0.39, 0.29) is 35.3 Å². The summed E-state index contributed by atoms with van der Waals surface area (Å²) in [5, 5.41) is 22.3. The number of nitrogens with zero attached hydrogens (tertiary/aromatic N) is 3. The number of benzene rings is 2. The van der Waals surface area contributed by atoms with Crippen LogP contribution in [0, 0.1) is 45.1 Å². The average molecular weight is 345 g/mol. The Kier molecular flexibility index (Phi) is 2.99. The summed E-state index contributed by atoms with van der Waals surface area (Å²) >= 11 is 0. The maximum atomic E-state index is 13.2. The van der Waals surface area contributed by atoms with Crippen LogP contribution < -0.4 is 4.90 Å². The summed E-state index contributed by atoms with van der Waals surface area (Å²) in [7, 11) is 0. The molecule has 6 nitrogen and oxygen atoms in total. The van der Waals surface area contributed by atoms with Gasteiger partial charge in [0.15, 0.2) is 0 Å². The van der Waals surface area contributed by atoms with Crippen molar-refractivity contribution in [1.82, 2.24) is 0 Å². The number of hydrogen-bond acceptors (Lipinski definition) is 4. The van der Waals surface area contributed by atoms with Crippen molar-refractivity contribution in [1.29, 1.82) is 5.26 Å². The second-order valence-corrected chi connectivity index (χ2v) is 7.24. The Hall–Kier alpha value is -3.20. The molecule has 5 atom stereocenters. The van der Waals surface area contributed by atoms with Gasteiger partial charge in [-0.25, -0.2) is 0 Å². The number of carbonyl (C=O) groups excluding carboxylic acids is 1. The highest BCUT2D eigenvalue weighted by atomic mass is 16.6. The fourth-order valence-electron chi connectivity index (χ4n) is 5.16. The van der Waals surface area contributed by atoms with Crippen LogP contribution in [-0.2, 0) is 4.79 Å². The van der Waals surface area contributed by atoms with Crippen molar-refractivity contribution in [3.05, 3.63) is 58.7 Å². The number of nitro benzene ring substituents is 1. The maximum Gasteiger partial charge on any atom is 0.277 e. The molecule has 2 aromatic rings. The van der Waals surface area contributed by atoms with Crippen molar-refractivity contribution in [3.63, 3.8) is 0 Å². The zero-order valence-electron chi connectivity index (χ0n) is 13.8. The molecule has 2 aliphatic carbocycles. The predicted octanol–water partition coefficient (Wildman–Crippen LogP) is 3.43. The second kappa shape index (κ2) is 5.15. The van der Waals surface area contributed by atoms with E-state index in [2.05, 4.69) is 18.2 Å². The topological polar surface area (TPSA) is 87.2 Å². The highest BCUT2D eigenvalue weighted by Crippen LogP contribution is 2.55. The van der Waals surface area contributed by atoms with Crippen molar-refractivity contribution in [3.8, 4) is 6.07 Å². The number of rotatable bonds is 2. The van der Waals surface area contributed by atoms with E-state index in [1.165, 1.54) is 6.07 Å². The summed E-state index contributed by atoms with van der Waals surface area (Å²) in [5.74, 6) is 0.313. The number of allylic oxidation sites excluding steroid dienone is 2. The Balaban J connectivity index is 1.69. The number of non-ortho nitro benzene ring substituents is 1. The van der Waals surface area contributed by atoms with Crippen molar-refractivity contribution in [2.24, 2.45) is 23.7 Å². The molecule has 128 valence electrons. The molecule has 0 radical (unpaired) electrons. The van der Waals surface area contributed by atoms with E-state index in [1.54, 1.807) is 35.2 Å². The van der Waals surface area contributed by atoms with Gasteiger partial charge in [0, 0.05) is 17.4 Å². The number of nitro groups is 1. The van der Waals surface area contributed by atoms with Crippen molar-refractivity contribution >= 4 is 28.1 Å². The molecule has 1 amide bonds. The molecule has 2 fully saturated rings. The van der Waals surface area contributed by atoms with Crippen molar-refractivity contribution in [2.75, 3.05) is 4.90 Å². The first kappa shape index (κ1) is 15.1. The first-order chi connectivity index (χ1) is 12.6. The quantitative estimate of drug-likeness (QED) is 0.474. The third-order valence-electron chi connectivity index (χ3n) is 6.15. The third kappa shape index (κ3) is 1.77. The number of fused-ring (bicyclic) bond motifs is 6. The largest absolute Gasteiger partial charge is 0.295 e. The summed E-state index contributed by atoms with van der Waals surface area (Å²) in [5.41, 5.74) is 0.600. The minimum Gasteiger partial charge on any atom is -0.295 e. The van der Waals surface area contributed by atoms with Crippen LogP contribution in [0.4, 0.5) is 11.4 Å². The lowest BCUT2D eigenvalue weighted by Crippen LogP contribution is -2.36. The van der Waals surface area contributed by atoms with E-state index < -0.39 is 11.0 Å². The fourth-order valence-corrected chi connectivity index (χ4v) is 5.16. The van der Waals surface area contributed by atoms with Gasteiger partial charge in [0.05, 0.1) is 28.0 Å². The fraction of sp³-hybridized carbons (Fsp3) is 0.300. The first-order valence-corrected chi connectivity index (χ1v) is 8.69. The van der Waals surface area contributed by atoms with E-state index in [0.717, 1.165) is 6.42 Å². The molecule has 5 rings (SSSR count). The molecule has 0 spiro atoms. The average Bonchev–Trinajstić information content (AvgIpc) is 3.33. The number of amides is 1. The zero-order valence-corrected chi connectivity index (χ0v) is 13.8. The van der Waals surface area contributed by atoms with E-state index in [1.807, 2.05) is 0 Å². The van der Waals surface area contributed by atoms with Crippen molar-refractivity contribution < 1.29 is 9.72 Å². The second-order valence-electron chi connectivity index (χ2n) is 7.24. The van der Waals surface area contributed by atoms with Gasteiger partial charge in [-0.2, -0.15) is 5.26 Å². The van der Waals surface area contributed by atoms with Gasteiger partial charge < -0.3 is 0 Å². The maximum absolute atomic E-state index is 13.2. The van der Waals surface area contributed by atoms with Gasteiger partial charge in [0.1, 0.15) is 6.04 Å². The van der Waals surface area contributed by atoms with Crippen molar-refractivity contribution in [2.45, 2.75) is 12.5 Å². The van der Waals surface area contributed by atoms with E-state index in [9.17, 15) is 20.2 Å². The Labute approximate surface area is 149 Å². The van der Waals surface area contributed by atoms with Crippen LogP contribution in [0.1, 0.15) is 6.42 Å². The summed E-state index contributed by atoms with van der Waals surface area (Å²) < 4.78 is 0. The van der Waals surface area contributed by atoms with Gasteiger partial charge in [-0.15, -0.1) is 0 Å². The number of anilines is 1. The first-order valence-electron chi connectivity index (χ1n) is 8.69. The molecule has 26 heavy (non-hydrogen) atoms. The molecular formula is C20H15N3O3. The summed E-state index contributed by atoms with van der Waals surface area (Å²) in [6, 6.07) is 11.8. The van der Waals surface area contributed by atoms with Crippen LogP contribution in [0.2, 0.25) is 0 Å². The molecule has 2 bridgehead atoms. The highest BCUT2D eigenvalue weighted by Gasteiger charge is 2.59. The van der Waals surface area contributed by atoms with Gasteiger partial charge in [-0.1, -0.05) is 30.4 Å². The Bertz CT molecular complexity index is 1040. The zero-order chi connectivity index (χ0) is 18.0. The van der Waals surface area contributed by atoms with Gasteiger partial charge in [-0.3, -0.25) is 19.8 Å². The molecular weight excluding hydrogens is 330 g/mol. The van der Waals surface area contributed by atoms with Crippen LogP contribution in [0.5, 0.6) is 0 Å². The number of carbonyl (C=O) groups is 1. The third-order valence-corrected chi connectivity index (χ3v) is 6.15. The molecule has 1 unspecified atom stereocenters. The van der Waals surface area contributed by atoms with E-state index >= 15 is 0 Å². The Morgan fingerprint density at radius 3 is 2.58 bits per heavy atom. The molecule has 3 aliphatic rings. The SMILES string of the molecule is N#CC1[C@H]2[C@@H](C(=O)N1c1ccc([N+](=O)[O-])c3ccccc13)[C@H]1C=C[C@@H]2C1. The minimum atomic E-state index is -0.530. The predicted molar refractivity (Wildman–Crippen MR) is 95.2 cm³/mol. The van der Waals surface area contributed by atoms with Gasteiger partial charge >= 0.3 is 0 Å². The smallest absolute Gasteiger partial charge is 0.277 e. The molecule has 0 N–H and O–H groups in total. The molecule has 6 heteroatoms. The normalized spacial score (nSPS) is 31.4. The Morgan fingerprint density at radius 1 is 1.12 bits per heavy atom. The number of hydrogen-bond donors (Lipinski definition) is 0. The monoisotopic (exact) mass is 345 g/mol. The van der Waals surface area contributed by atoms with Gasteiger partial charge in [-0.05, 0) is 30.4 Å². The molecule has 2 aromatic carbocycles. The van der Waals surface area contributed by atoms with Gasteiger partial charge in [0.2, 0.25) is 5.91 Å². The lowest BCUT2D eigenvalue weighted by Gasteiger charge is -2.25. The molecule has 0 aromatic heterocycles. The summed E-state index contributed by atoms with van der Waals surface area (Å²) in [6.07, 6.45) is 5.20. The number of nitriles is 1. The summed E-state index contributed by atoms with van der Waals surface area (Å²) in [6.45, 7) is 0. The van der Waals surface area contributed by atoms with Crippen LogP contribution in [0.3, 0.4) is 0 Å². The van der Waals surface area contributed by atoms with Crippen LogP contribution in [-0.4, -0.2) is 16.9 Å². The lowest BCUT2D eigenvalue weighted by atomic mass is 9.82. The van der Waals surface area contributed by atoms with Crippen LogP contribution in [0.25, 0.3) is 10.8 Å². The molecule has 1 heterocycles.